The van der Waals surface area contributed by atoms with E-state index in [0.29, 0.717) is 41.3 Å². The van der Waals surface area contributed by atoms with Crippen LogP contribution in [-0.2, 0) is 14.3 Å². The van der Waals surface area contributed by atoms with E-state index in [0.717, 1.165) is 0 Å². The van der Waals surface area contributed by atoms with Crippen molar-refractivity contribution >= 4 is 17.7 Å². The number of ether oxygens (including phenoxy) is 5. The third-order valence-electron chi connectivity index (χ3n) is 5.06. The van der Waals surface area contributed by atoms with Crippen LogP contribution in [-0.4, -0.2) is 55.5 Å². The molecule has 2 amide bonds. The van der Waals surface area contributed by atoms with Gasteiger partial charge in [-0.3, -0.25) is 15.3 Å². The maximum atomic E-state index is 12.8. The molecule has 1 aliphatic heterocycles. The number of rotatable bonds is 12. The molecule has 0 saturated heterocycles. The monoisotopic (exact) mass is 488 g/mol. The number of carbonyl (C=O) groups is 2. The van der Waals surface area contributed by atoms with E-state index >= 15 is 0 Å². The van der Waals surface area contributed by atoms with E-state index in [4.69, 9.17) is 34.0 Å². The first-order chi connectivity index (χ1) is 17.0. The highest BCUT2D eigenvalue weighted by Gasteiger charge is 2.27. The number of amides is 2. The second kappa shape index (κ2) is 13.2. The number of anilines is 1. The molecule has 1 heterocycles. The second-order valence-corrected chi connectivity index (χ2v) is 7.39. The van der Waals surface area contributed by atoms with Gasteiger partial charge in [-0.25, -0.2) is 10.3 Å². The molecule has 0 saturated carbocycles. The summed E-state index contributed by atoms with van der Waals surface area (Å²) in [5, 5.41) is 20.2. The lowest BCUT2D eigenvalue weighted by Gasteiger charge is -2.26. The molecule has 0 aliphatic carbocycles. The van der Waals surface area contributed by atoms with E-state index in [2.05, 4.69) is 5.32 Å². The maximum Gasteiger partial charge on any atom is 0.412 e. The van der Waals surface area contributed by atoms with Crippen LogP contribution < -0.4 is 25.0 Å². The number of hydrogen-bond donors (Lipinski definition) is 4. The standard InChI is InChI=1S/C24H28N2O9/c1-31-20(4-2-3-5-22(28)26-30)23(16-6-9-18(10-7-16)32-13-12-27)35-24(29)25-17-8-11-19-21(14-17)34-15-33-19/h3,5-11,14,20,23,27,30H,2,4,12-13,15H2,1H3,(H,25,29)(H,26,28)/b5-3+/t20-,23-/m0/s1. The summed E-state index contributed by atoms with van der Waals surface area (Å²) < 4.78 is 27.4. The Kier molecular flexibility index (Phi) is 9.72. The molecular formula is C24H28N2O9. The highest BCUT2D eigenvalue weighted by atomic mass is 16.7. The Morgan fingerprint density at radius 3 is 2.63 bits per heavy atom. The number of aliphatic hydroxyl groups is 1. The fourth-order valence-electron chi connectivity index (χ4n) is 3.39. The molecule has 1 aliphatic rings. The SMILES string of the molecule is CO[C@@H](CC/C=C/C(=O)NO)[C@@H](OC(=O)Nc1ccc2c(c1)OCO2)c1ccc(OCCO)cc1. The van der Waals surface area contributed by atoms with E-state index in [-0.39, 0.29) is 20.0 Å². The molecule has 0 aromatic heterocycles. The van der Waals surface area contributed by atoms with Gasteiger partial charge < -0.3 is 28.8 Å². The number of fused-ring (bicyclic) bond motifs is 1. The van der Waals surface area contributed by atoms with Crippen molar-refractivity contribution in [1.82, 2.24) is 5.48 Å². The fourth-order valence-corrected chi connectivity index (χ4v) is 3.39. The number of benzene rings is 2. The number of nitrogens with one attached hydrogen (secondary N) is 2. The summed E-state index contributed by atoms with van der Waals surface area (Å²) in [6.45, 7) is 0.167. The van der Waals surface area contributed by atoms with Gasteiger partial charge in [-0.2, -0.15) is 0 Å². The van der Waals surface area contributed by atoms with E-state index in [1.807, 2.05) is 0 Å². The number of aliphatic hydroxyl groups excluding tert-OH is 1. The lowest BCUT2D eigenvalue weighted by Crippen LogP contribution is -2.28. The summed E-state index contributed by atoms with van der Waals surface area (Å²) in [6, 6.07) is 11.9. The van der Waals surface area contributed by atoms with Gasteiger partial charge in [-0.1, -0.05) is 18.2 Å². The molecule has 0 radical (unpaired) electrons. The van der Waals surface area contributed by atoms with Crippen LogP contribution in [0.2, 0.25) is 0 Å². The van der Waals surface area contributed by atoms with Gasteiger partial charge in [0.25, 0.3) is 5.91 Å². The van der Waals surface area contributed by atoms with Crippen LogP contribution >= 0.6 is 0 Å². The fraction of sp³-hybridized carbons (Fsp3) is 0.333. The van der Waals surface area contributed by atoms with Gasteiger partial charge in [0.15, 0.2) is 17.6 Å². The highest BCUT2D eigenvalue weighted by Crippen LogP contribution is 2.34. The predicted molar refractivity (Wildman–Crippen MR) is 124 cm³/mol. The minimum absolute atomic E-state index is 0.110. The minimum Gasteiger partial charge on any atom is -0.491 e. The zero-order valence-corrected chi connectivity index (χ0v) is 19.1. The quantitative estimate of drug-likeness (QED) is 0.201. The Bertz CT molecular complexity index is 1010. The smallest absolute Gasteiger partial charge is 0.412 e. The molecule has 35 heavy (non-hydrogen) atoms. The third kappa shape index (κ3) is 7.60. The van der Waals surface area contributed by atoms with Crippen LogP contribution in [0.15, 0.2) is 54.6 Å². The molecule has 0 fully saturated rings. The maximum absolute atomic E-state index is 12.8. The van der Waals surface area contributed by atoms with Crippen molar-refractivity contribution in [1.29, 1.82) is 0 Å². The van der Waals surface area contributed by atoms with Gasteiger partial charge >= 0.3 is 6.09 Å². The summed E-state index contributed by atoms with van der Waals surface area (Å²) in [4.78, 5) is 24.0. The minimum atomic E-state index is -0.791. The third-order valence-corrected chi connectivity index (χ3v) is 5.06. The molecule has 0 bridgehead atoms. The first-order valence-electron chi connectivity index (χ1n) is 10.9. The van der Waals surface area contributed by atoms with Crippen LogP contribution in [0.1, 0.15) is 24.5 Å². The average molecular weight is 488 g/mol. The second-order valence-electron chi connectivity index (χ2n) is 7.39. The van der Waals surface area contributed by atoms with Gasteiger partial charge in [0, 0.05) is 24.9 Å². The summed E-state index contributed by atoms with van der Waals surface area (Å²) in [7, 11) is 1.50. The highest BCUT2D eigenvalue weighted by molar-refractivity contribution is 5.86. The molecule has 2 atom stereocenters. The number of methoxy groups -OCH3 is 1. The Hall–Kier alpha value is -3.80. The van der Waals surface area contributed by atoms with Crippen molar-refractivity contribution in [2.24, 2.45) is 0 Å². The lowest BCUT2D eigenvalue weighted by atomic mass is 10.00. The molecule has 2 aromatic carbocycles. The molecular weight excluding hydrogens is 460 g/mol. The Morgan fingerprint density at radius 2 is 1.91 bits per heavy atom. The Morgan fingerprint density at radius 1 is 1.14 bits per heavy atom. The molecule has 3 rings (SSSR count). The molecule has 0 unspecified atom stereocenters. The summed E-state index contributed by atoms with van der Waals surface area (Å²) in [6.07, 6.45) is 1.57. The molecule has 11 heteroatoms. The number of hydrogen-bond acceptors (Lipinski definition) is 9. The molecule has 11 nitrogen and oxygen atoms in total. The van der Waals surface area contributed by atoms with Gasteiger partial charge in [0.2, 0.25) is 6.79 Å². The topological polar surface area (TPSA) is 145 Å². The van der Waals surface area contributed by atoms with Crippen molar-refractivity contribution in [3.8, 4) is 17.2 Å². The summed E-state index contributed by atoms with van der Waals surface area (Å²) in [5.74, 6) is 1.02. The summed E-state index contributed by atoms with van der Waals surface area (Å²) >= 11 is 0. The van der Waals surface area contributed by atoms with Crippen LogP contribution in [0.4, 0.5) is 10.5 Å². The normalized spacial score (nSPS) is 13.8. The van der Waals surface area contributed by atoms with Crippen molar-refractivity contribution < 1.29 is 43.6 Å². The molecule has 4 N–H and O–H groups in total. The van der Waals surface area contributed by atoms with Crippen molar-refractivity contribution in [2.45, 2.75) is 25.0 Å². The van der Waals surface area contributed by atoms with E-state index in [1.165, 1.54) is 18.7 Å². The van der Waals surface area contributed by atoms with Gasteiger partial charge in [0.1, 0.15) is 12.4 Å². The van der Waals surface area contributed by atoms with Crippen LogP contribution in [0, 0.1) is 0 Å². The largest absolute Gasteiger partial charge is 0.491 e. The van der Waals surface area contributed by atoms with E-state index in [9.17, 15) is 9.59 Å². The Labute approximate surface area is 202 Å². The number of allylic oxidation sites excluding steroid dienone is 1. The predicted octanol–water partition coefficient (Wildman–Crippen LogP) is 2.93. The molecule has 2 aromatic rings. The van der Waals surface area contributed by atoms with Gasteiger partial charge in [-0.05, 0) is 42.7 Å². The first-order valence-corrected chi connectivity index (χ1v) is 10.9. The number of hydroxylamine groups is 1. The van der Waals surface area contributed by atoms with E-state index in [1.54, 1.807) is 48.5 Å². The number of carbonyl (C=O) groups excluding carboxylic acids is 2. The zero-order chi connectivity index (χ0) is 25.0. The first kappa shape index (κ1) is 25.8. The average Bonchev–Trinajstić information content (AvgIpc) is 3.34. The van der Waals surface area contributed by atoms with Crippen molar-refractivity contribution in [2.75, 3.05) is 32.4 Å². The molecule has 0 spiro atoms. The van der Waals surface area contributed by atoms with Crippen LogP contribution in [0.3, 0.4) is 0 Å². The van der Waals surface area contributed by atoms with E-state index < -0.39 is 24.2 Å². The van der Waals surface area contributed by atoms with Gasteiger partial charge in [-0.15, -0.1) is 0 Å². The summed E-state index contributed by atoms with van der Waals surface area (Å²) in [5.41, 5.74) is 2.65. The zero-order valence-electron chi connectivity index (χ0n) is 19.1. The lowest BCUT2D eigenvalue weighted by molar-refractivity contribution is -0.124. The van der Waals surface area contributed by atoms with Crippen molar-refractivity contribution in [3.05, 3.63) is 60.2 Å². The Balaban J connectivity index is 1.73. The van der Waals surface area contributed by atoms with Crippen molar-refractivity contribution in [3.63, 3.8) is 0 Å². The van der Waals surface area contributed by atoms with Crippen LogP contribution in [0.5, 0.6) is 17.2 Å². The molecule has 188 valence electrons. The van der Waals surface area contributed by atoms with Gasteiger partial charge in [0.05, 0.1) is 12.7 Å². The van der Waals surface area contributed by atoms with Crippen LogP contribution in [0.25, 0.3) is 0 Å².